The highest BCUT2D eigenvalue weighted by atomic mass is 79.9. The molecule has 5 heteroatoms. The Balaban J connectivity index is 3.14. The predicted octanol–water partition coefficient (Wildman–Crippen LogP) is 2.63. The summed E-state index contributed by atoms with van der Waals surface area (Å²) in [5.41, 5.74) is 0.258. The first-order valence-corrected chi connectivity index (χ1v) is 4.28. The van der Waals surface area contributed by atoms with Crippen LogP contribution in [0.15, 0.2) is 16.6 Å². The zero-order chi connectivity index (χ0) is 9.14. The van der Waals surface area contributed by atoms with Crippen LogP contribution in [-0.2, 0) is 11.4 Å². The number of hydrogen-bond donors (Lipinski definition) is 1. The molecule has 0 aliphatic heterocycles. The van der Waals surface area contributed by atoms with Crippen molar-refractivity contribution in [1.29, 1.82) is 0 Å². The van der Waals surface area contributed by atoms with Crippen LogP contribution in [0.3, 0.4) is 0 Å². The normalized spacial score (nSPS) is 10.3. The number of nitrogens with two attached hydrogens (primary N) is 1. The summed E-state index contributed by atoms with van der Waals surface area (Å²) in [4.78, 5) is 4.30. The molecule has 1 aromatic rings. The van der Waals surface area contributed by atoms with Gasteiger partial charge in [-0.05, 0) is 28.1 Å². The molecule has 0 atom stereocenters. The van der Waals surface area contributed by atoms with Crippen LogP contribution in [0.4, 0.5) is 4.39 Å². The fraction of sp³-hybridized carbons (Fsp3) is 0.143. The molecule has 0 amide bonds. The summed E-state index contributed by atoms with van der Waals surface area (Å²) >= 11 is 8.91. The van der Waals surface area contributed by atoms with Crippen molar-refractivity contribution in [2.45, 2.75) is 6.61 Å². The van der Waals surface area contributed by atoms with Crippen LogP contribution in [0, 0.1) is 5.82 Å². The van der Waals surface area contributed by atoms with E-state index < -0.39 is 5.82 Å². The Bertz CT molecular complexity index is 295. The second-order valence-electron chi connectivity index (χ2n) is 2.13. The van der Waals surface area contributed by atoms with Gasteiger partial charge in [-0.1, -0.05) is 11.6 Å². The van der Waals surface area contributed by atoms with Gasteiger partial charge < -0.3 is 0 Å². The quantitative estimate of drug-likeness (QED) is 0.650. The molecule has 0 aromatic heterocycles. The lowest BCUT2D eigenvalue weighted by atomic mass is 10.2. The fourth-order valence-corrected chi connectivity index (χ4v) is 1.36. The van der Waals surface area contributed by atoms with Crippen LogP contribution in [0.25, 0.3) is 0 Å². The van der Waals surface area contributed by atoms with Crippen molar-refractivity contribution in [1.82, 2.24) is 0 Å². The lowest BCUT2D eigenvalue weighted by Gasteiger charge is -2.05. The van der Waals surface area contributed by atoms with Crippen molar-refractivity contribution in [3.05, 3.63) is 33.0 Å². The van der Waals surface area contributed by atoms with Crippen LogP contribution in [0.2, 0.25) is 5.02 Å². The first kappa shape index (κ1) is 9.92. The van der Waals surface area contributed by atoms with Gasteiger partial charge in [0, 0.05) is 10.0 Å². The molecule has 0 fully saturated rings. The van der Waals surface area contributed by atoms with Crippen molar-refractivity contribution >= 4 is 27.5 Å². The Morgan fingerprint density at radius 1 is 1.58 bits per heavy atom. The van der Waals surface area contributed by atoms with E-state index in [0.717, 1.165) is 0 Å². The van der Waals surface area contributed by atoms with E-state index in [9.17, 15) is 4.39 Å². The Labute approximate surface area is 82.5 Å². The number of benzene rings is 1. The minimum atomic E-state index is -0.423. The van der Waals surface area contributed by atoms with Crippen molar-refractivity contribution < 1.29 is 9.23 Å². The molecular weight excluding hydrogens is 248 g/mol. The van der Waals surface area contributed by atoms with Gasteiger partial charge in [-0.3, -0.25) is 4.84 Å². The highest BCUT2D eigenvalue weighted by Gasteiger charge is 2.09. The van der Waals surface area contributed by atoms with Crippen molar-refractivity contribution in [2.75, 3.05) is 0 Å². The number of rotatable bonds is 2. The molecule has 0 radical (unpaired) electrons. The molecule has 0 unspecified atom stereocenters. The van der Waals surface area contributed by atoms with Crippen LogP contribution in [0.5, 0.6) is 0 Å². The molecule has 12 heavy (non-hydrogen) atoms. The summed E-state index contributed by atoms with van der Waals surface area (Å²) in [7, 11) is 0. The van der Waals surface area contributed by atoms with Crippen LogP contribution in [0.1, 0.15) is 5.56 Å². The maximum absolute atomic E-state index is 13.0. The van der Waals surface area contributed by atoms with Crippen molar-refractivity contribution in [3.63, 3.8) is 0 Å². The molecule has 2 nitrogen and oxygen atoms in total. The molecule has 0 spiro atoms. The van der Waals surface area contributed by atoms with Gasteiger partial charge in [-0.2, -0.15) is 0 Å². The minimum Gasteiger partial charge on any atom is -0.300 e. The van der Waals surface area contributed by atoms with Gasteiger partial charge in [-0.15, -0.1) is 0 Å². The molecule has 0 saturated heterocycles. The van der Waals surface area contributed by atoms with Gasteiger partial charge in [-0.25, -0.2) is 10.3 Å². The summed E-state index contributed by atoms with van der Waals surface area (Å²) in [5, 5.41) is 0.292. The van der Waals surface area contributed by atoms with E-state index in [4.69, 9.17) is 17.5 Å². The smallest absolute Gasteiger partial charge is 0.130 e. The van der Waals surface area contributed by atoms with E-state index in [1.807, 2.05) is 0 Å². The van der Waals surface area contributed by atoms with Gasteiger partial charge in [0.05, 0.1) is 11.6 Å². The second-order valence-corrected chi connectivity index (χ2v) is 3.37. The minimum absolute atomic E-state index is 0.0376. The molecule has 66 valence electrons. The summed E-state index contributed by atoms with van der Waals surface area (Å²) in [5.74, 6) is 4.39. The molecule has 2 N–H and O–H groups in total. The Kier molecular flexibility index (Phi) is 3.46. The van der Waals surface area contributed by atoms with E-state index in [1.165, 1.54) is 12.1 Å². The van der Waals surface area contributed by atoms with E-state index in [1.54, 1.807) is 0 Å². The van der Waals surface area contributed by atoms with Crippen LogP contribution >= 0.6 is 27.5 Å². The Hall–Kier alpha value is -0.160. The molecule has 0 bridgehead atoms. The van der Waals surface area contributed by atoms with E-state index in [-0.39, 0.29) is 12.2 Å². The predicted molar refractivity (Wildman–Crippen MR) is 48.1 cm³/mol. The van der Waals surface area contributed by atoms with Gasteiger partial charge in [0.15, 0.2) is 0 Å². The van der Waals surface area contributed by atoms with Gasteiger partial charge in [0.1, 0.15) is 5.82 Å². The highest BCUT2D eigenvalue weighted by Crippen LogP contribution is 2.28. The maximum atomic E-state index is 13.0. The van der Waals surface area contributed by atoms with Crippen molar-refractivity contribution in [3.8, 4) is 0 Å². The molecule has 0 heterocycles. The Morgan fingerprint density at radius 2 is 2.25 bits per heavy atom. The molecule has 0 aliphatic rings. The zero-order valence-electron chi connectivity index (χ0n) is 5.98. The topological polar surface area (TPSA) is 35.2 Å². The lowest BCUT2D eigenvalue weighted by Crippen LogP contribution is -2.02. The largest absolute Gasteiger partial charge is 0.300 e. The average molecular weight is 254 g/mol. The average Bonchev–Trinajstić information content (AvgIpc) is 2.06. The maximum Gasteiger partial charge on any atom is 0.130 e. The zero-order valence-corrected chi connectivity index (χ0v) is 8.32. The third-order valence-corrected chi connectivity index (χ3v) is 2.69. The monoisotopic (exact) mass is 253 g/mol. The first-order valence-electron chi connectivity index (χ1n) is 3.11. The van der Waals surface area contributed by atoms with Crippen LogP contribution < -0.4 is 5.90 Å². The number of halogens is 3. The van der Waals surface area contributed by atoms with Crippen molar-refractivity contribution in [2.24, 2.45) is 5.90 Å². The summed E-state index contributed by atoms with van der Waals surface area (Å²) in [6.45, 7) is -0.0376. The van der Waals surface area contributed by atoms with E-state index in [0.29, 0.717) is 9.50 Å². The molecule has 0 saturated carbocycles. The fourth-order valence-electron chi connectivity index (χ4n) is 0.785. The molecular formula is C7H6BrClFNO. The van der Waals surface area contributed by atoms with Crippen LogP contribution in [-0.4, -0.2) is 0 Å². The van der Waals surface area contributed by atoms with E-state index in [2.05, 4.69) is 20.8 Å². The molecule has 0 aliphatic carbocycles. The summed E-state index contributed by atoms with van der Waals surface area (Å²) in [6, 6.07) is 2.82. The summed E-state index contributed by atoms with van der Waals surface area (Å²) in [6.07, 6.45) is 0. The third kappa shape index (κ3) is 1.95. The molecule has 1 aromatic carbocycles. The lowest BCUT2D eigenvalue weighted by molar-refractivity contribution is 0.121. The summed E-state index contributed by atoms with van der Waals surface area (Å²) < 4.78 is 13.6. The number of hydrogen-bond acceptors (Lipinski definition) is 2. The van der Waals surface area contributed by atoms with Gasteiger partial charge in [0.2, 0.25) is 0 Å². The van der Waals surface area contributed by atoms with Gasteiger partial charge >= 0.3 is 0 Å². The highest BCUT2D eigenvalue weighted by molar-refractivity contribution is 9.10. The second kappa shape index (κ2) is 4.18. The standard InChI is InChI=1S/C7H6BrClFNO/c8-5-1-2-6(10)4(3-12-11)7(5)9/h1-2H,3,11H2. The molecule has 1 rings (SSSR count). The SMILES string of the molecule is NOCc1c(F)ccc(Br)c1Cl. The van der Waals surface area contributed by atoms with E-state index >= 15 is 0 Å². The first-order chi connectivity index (χ1) is 5.66. The third-order valence-electron chi connectivity index (χ3n) is 1.37. The van der Waals surface area contributed by atoms with Gasteiger partial charge in [0.25, 0.3) is 0 Å². The Morgan fingerprint density at radius 3 is 2.83 bits per heavy atom.